The molecule has 6 nitrogen and oxygen atoms in total. The number of amides is 1. The lowest BCUT2D eigenvalue weighted by Crippen LogP contribution is -2.44. The zero-order valence-corrected chi connectivity index (χ0v) is 16.3. The molecule has 2 aromatic rings. The lowest BCUT2D eigenvalue weighted by atomic mass is 10.0. The van der Waals surface area contributed by atoms with Crippen LogP contribution in [0.25, 0.3) is 11.0 Å². The van der Waals surface area contributed by atoms with Gasteiger partial charge in [0.15, 0.2) is 0 Å². The molecule has 1 aromatic carbocycles. The first-order chi connectivity index (χ1) is 12.3. The number of hydrogen-bond acceptors (Lipinski definition) is 5. The summed E-state index contributed by atoms with van der Waals surface area (Å²) < 4.78 is 18.2. The molecular weight excluding hydrogens is 350 g/mol. The molecule has 1 saturated heterocycles. The van der Waals surface area contributed by atoms with Crippen molar-refractivity contribution in [1.82, 2.24) is 14.9 Å². The number of rotatable bonds is 3. The van der Waals surface area contributed by atoms with Crippen molar-refractivity contribution in [3.8, 4) is 0 Å². The van der Waals surface area contributed by atoms with Crippen LogP contribution in [0.15, 0.2) is 35.5 Å². The first-order valence-electron chi connectivity index (χ1n) is 8.90. The minimum Gasteiger partial charge on any atom is -0.444 e. The summed E-state index contributed by atoms with van der Waals surface area (Å²) in [5.74, 6) is 0.650. The second-order valence-electron chi connectivity index (χ2n) is 7.64. The molecule has 26 heavy (non-hydrogen) atoms. The number of likely N-dealkylation sites (tertiary alicyclic amines) is 1. The van der Waals surface area contributed by atoms with Gasteiger partial charge in [-0.1, -0.05) is 12.1 Å². The number of ether oxygens (including phenoxy) is 1. The van der Waals surface area contributed by atoms with Crippen molar-refractivity contribution in [2.24, 2.45) is 5.92 Å². The van der Waals surface area contributed by atoms with Gasteiger partial charge in [0.1, 0.15) is 10.6 Å². The molecule has 140 valence electrons. The largest absolute Gasteiger partial charge is 0.444 e. The van der Waals surface area contributed by atoms with Crippen LogP contribution in [0.1, 0.15) is 33.6 Å². The Morgan fingerprint density at radius 1 is 1.31 bits per heavy atom. The van der Waals surface area contributed by atoms with E-state index in [1.165, 1.54) is 0 Å². The topological polar surface area (TPSA) is 72.4 Å². The summed E-state index contributed by atoms with van der Waals surface area (Å²) in [6.45, 7) is 6.84. The Bertz CT molecular complexity index is 819. The van der Waals surface area contributed by atoms with E-state index in [0.717, 1.165) is 23.9 Å². The van der Waals surface area contributed by atoms with Gasteiger partial charge in [-0.05, 0) is 51.7 Å². The Kier molecular flexibility index (Phi) is 5.55. The quantitative estimate of drug-likeness (QED) is 0.822. The average Bonchev–Trinajstić information content (AvgIpc) is 2.60. The summed E-state index contributed by atoms with van der Waals surface area (Å²) in [5, 5.41) is 0.498. The maximum Gasteiger partial charge on any atom is 0.410 e. The SMILES string of the molecule is CC(C)(C)OC(=O)N1CCC[C@@H](C[S@@](=O)c2cnc3ccccc3n2)C1. The molecule has 0 radical (unpaired) electrons. The third-order valence-corrected chi connectivity index (χ3v) is 5.65. The number of piperidine rings is 1. The summed E-state index contributed by atoms with van der Waals surface area (Å²) in [5.41, 5.74) is 1.03. The fraction of sp³-hybridized carbons (Fsp3) is 0.526. The maximum atomic E-state index is 12.7. The first-order valence-corrected chi connectivity index (χ1v) is 10.2. The van der Waals surface area contributed by atoms with Crippen molar-refractivity contribution in [3.05, 3.63) is 30.5 Å². The molecule has 2 heterocycles. The van der Waals surface area contributed by atoms with Gasteiger partial charge in [0.2, 0.25) is 0 Å². The van der Waals surface area contributed by atoms with Crippen LogP contribution in [0.3, 0.4) is 0 Å². The van der Waals surface area contributed by atoms with E-state index in [2.05, 4.69) is 9.97 Å². The molecule has 1 aliphatic heterocycles. The summed E-state index contributed by atoms with van der Waals surface area (Å²) in [7, 11) is -1.24. The summed E-state index contributed by atoms with van der Waals surface area (Å²) >= 11 is 0. The highest BCUT2D eigenvalue weighted by Crippen LogP contribution is 2.22. The first kappa shape index (κ1) is 18.8. The third-order valence-electron chi connectivity index (χ3n) is 4.22. The minimum absolute atomic E-state index is 0.172. The molecule has 0 aliphatic carbocycles. The summed E-state index contributed by atoms with van der Waals surface area (Å²) in [6, 6.07) is 7.55. The number of nitrogens with zero attached hydrogens (tertiary/aromatic N) is 3. The van der Waals surface area contributed by atoms with Gasteiger partial charge in [-0.15, -0.1) is 0 Å². The van der Waals surface area contributed by atoms with E-state index in [4.69, 9.17) is 4.74 Å². The molecule has 2 atom stereocenters. The highest BCUT2D eigenvalue weighted by atomic mass is 32.2. The number of carbonyl (C=O) groups is 1. The van der Waals surface area contributed by atoms with Gasteiger partial charge in [0.25, 0.3) is 0 Å². The Balaban J connectivity index is 1.63. The highest BCUT2D eigenvalue weighted by molar-refractivity contribution is 7.84. The second-order valence-corrected chi connectivity index (χ2v) is 9.09. The van der Waals surface area contributed by atoms with E-state index in [1.807, 2.05) is 45.0 Å². The summed E-state index contributed by atoms with van der Waals surface area (Å²) in [6.07, 6.45) is 3.14. The van der Waals surface area contributed by atoms with Gasteiger partial charge in [0, 0.05) is 18.8 Å². The second kappa shape index (κ2) is 7.70. The molecule has 0 bridgehead atoms. The predicted molar refractivity (Wildman–Crippen MR) is 101 cm³/mol. The van der Waals surface area contributed by atoms with Crippen LogP contribution in [-0.4, -0.2) is 49.6 Å². The van der Waals surface area contributed by atoms with Crippen LogP contribution in [-0.2, 0) is 15.5 Å². The predicted octanol–water partition coefficient (Wildman–Crippen LogP) is 3.38. The molecule has 0 spiro atoms. The van der Waals surface area contributed by atoms with E-state index in [1.54, 1.807) is 11.1 Å². The van der Waals surface area contributed by atoms with Gasteiger partial charge in [0.05, 0.1) is 28.0 Å². The summed E-state index contributed by atoms with van der Waals surface area (Å²) in [4.78, 5) is 22.8. The number of carbonyl (C=O) groups excluding carboxylic acids is 1. The lowest BCUT2D eigenvalue weighted by Gasteiger charge is -2.33. The van der Waals surface area contributed by atoms with Crippen molar-refractivity contribution in [3.63, 3.8) is 0 Å². The molecule has 0 N–H and O–H groups in total. The number of benzene rings is 1. The maximum absolute atomic E-state index is 12.7. The molecule has 1 amide bonds. The molecule has 7 heteroatoms. The zero-order chi connectivity index (χ0) is 18.7. The Labute approximate surface area is 156 Å². The fourth-order valence-corrected chi connectivity index (χ4v) is 4.28. The Morgan fingerprint density at radius 3 is 2.77 bits per heavy atom. The molecule has 0 unspecified atom stereocenters. The minimum atomic E-state index is -1.24. The van der Waals surface area contributed by atoms with E-state index >= 15 is 0 Å². The molecule has 3 rings (SSSR count). The van der Waals surface area contributed by atoms with Gasteiger partial charge in [-0.25, -0.2) is 9.78 Å². The van der Waals surface area contributed by atoms with Crippen molar-refractivity contribution in [2.45, 2.75) is 44.2 Å². The molecule has 1 aliphatic rings. The van der Waals surface area contributed by atoms with Crippen LogP contribution in [0.5, 0.6) is 0 Å². The van der Waals surface area contributed by atoms with Crippen molar-refractivity contribution in [1.29, 1.82) is 0 Å². The zero-order valence-electron chi connectivity index (χ0n) is 15.5. The molecule has 0 saturated carbocycles. The molecule has 1 fully saturated rings. The average molecular weight is 375 g/mol. The van der Waals surface area contributed by atoms with Crippen molar-refractivity contribution < 1.29 is 13.7 Å². The van der Waals surface area contributed by atoms with Crippen LogP contribution in [0.2, 0.25) is 0 Å². The van der Waals surface area contributed by atoms with Gasteiger partial charge < -0.3 is 9.64 Å². The fourth-order valence-electron chi connectivity index (χ4n) is 3.04. The number of para-hydroxylation sites is 2. The van der Waals surface area contributed by atoms with Crippen molar-refractivity contribution >= 4 is 27.9 Å². The van der Waals surface area contributed by atoms with E-state index in [-0.39, 0.29) is 12.0 Å². The number of hydrogen-bond donors (Lipinski definition) is 0. The van der Waals surface area contributed by atoms with Gasteiger partial charge >= 0.3 is 6.09 Å². The Hall–Kier alpha value is -2.02. The van der Waals surface area contributed by atoms with E-state index in [9.17, 15) is 9.00 Å². The Morgan fingerprint density at radius 2 is 2.04 bits per heavy atom. The van der Waals surface area contributed by atoms with E-state index in [0.29, 0.717) is 23.9 Å². The van der Waals surface area contributed by atoms with Gasteiger partial charge in [-0.3, -0.25) is 9.19 Å². The molecule has 1 aromatic heterocycles. The monoisotopic (exact) mass is 375 g/mol. The molecular formula is C19H25N3O3S. The van der Waals surface area contributed by atoms with Crippen LogP contribution in [0, 0.1) is 5.92 Å². The van der Waals surface area contributed by atoms with Crippen LogP contribution >= 0.6 is 0 Å². The highest BCUT2D eigenvalue weighted by Gasteiger charge is 2.28. The normalized spacial score (nSPS) is 19.3. The van der Waals surface area contributed by atoms with Crippen LogP contribution < -0.4 is 0 Å². The van der Waals surface area contributed by atoms with Crippen molar-refractivity contribution in [2.75, 3.05) is 18.8 Å². The smallest absolute Gasteiger partial charge is 0.410 e. The number of fused-ring (bicyclic) bond motifs is 1. The van der Waals surface area contributed by atoms with E-state index < -0.39 is 16.4 Å². The lowest BCUT2D eigenvalue weighted by molar-refractivity contribution is 0.0176. The van der Waals surface area contributed by atoms with Gasteiger partial charge in [-0.2, -0.15) is 0 Å². The standard InChI is InChI=1S/C19H25N3O3S/c1-19(2,3)25-18(23)22-10-6-7-14(12-22)13-26(24)17-11-20-15-8-4-5-9-16(15)21-17/h4-5,8-9,11,14H,6-7,10,12-13H2,1-3H3/t14-,26-/m1/s1. The number of aromatic nitrogens is 2. The van der Waals surface area contributed by atoms with Crippen LogP contribution in [0.4, 0.5) is 4.79 Å². The third kappa shape index (κ3) is 4.78.